The maximum Gasteiger partial charge on any atom is 0.401 e. The number of aliphatic imine (C=N–C) groups is 1. The van der Waals surface area contributed by atoms with Crippen molar-refractivity contribution in [2.45, 2.75) is 32.0 Å². The fourth-order valence-electron chi connectivity index (χ4n) is 3.18. The van der Waals surface area contributed by atoms with Gasteiger partial charge < -0.3 is 10.6 Å². The summed E-state index contributed by atoms with van der Waals surface area (Å²) in [5.74, 6) is 1.13. The van der Waals surface area contributed by atoms with Crippen molar-refractivity contribution in [2.75, 3.05) is 33.2 Å². The summed E-state index contributed by atoms with van der Waals surface area (Å²) in [4.78, 5) is 5.67. The summed E-state index contributed by atoms with van der Waals surface area (Å²) in [6, 6.07) is 9.43. The van der Waals surface area contributed by atoms with E-state index in [0.29, 0.717) is 37.1 Å². The molecule has 1 heterocycles. The van der Waals surface area contributed by atoms with Crippen LogP contribution < -0.4 is 10.6 Å². The zero-order valence-corrected chi connectivity index (χ0v) is 18.3. The average Bonchev–Trinajstić information content (AvgIpc) is 2.65. The quantitative estimate of drug-likeness (QED) is 0.350. The normalized spacial score (nSPS) is 16.2. The van der Waals surface area contributed by atoms with Gasteiger partial charge in [0.05, 0.1) is 18.2 Å². The fraction of sp³-hybridized carbons (Fsp3) is 0.579. The summed E-state index contributed by atoms with van der Waals surface area (Å²) in [6.45, 7) is 1.55. The maximum absolute atomic E-state index is 12.4. The molecule has 9 heteroatoms. The van der Waals surface area contributed by atoms with Crippen molar-refractivity contribution in [1.82, 2.24) is 15.5 Å². The van der Waals surface area contributed by atoms with E-state index < -0.39 is 12.7 Å². The number of nitrogens with one attached hydrogen (secondary N) is 2. The van der Waals surface area contributed by atoms with E-state index in [0.717, 1.165) is 31.4 Å². The van der Waals surface area contributed by atoms with E-state index in [1.807, 2.05) is 12.1 Å². The molecule has 0 atom stereocenters. The van der Waals surface area contributed by atoms with E-state index in [4.69, 9.17) is 5.26 Å². The Hall–Kier alpha value is -1.54. The van der Waals surface area contributed by atoms with Crippen molar-refractivity contribution in [2.24, 2.45) is 10.9 Å². The molecule has 0 saturated carbocycles. The number of benzene rings is 1. The van der Waals surface area contributed by atoms with Gasteiger partial charge in [-0.15, -0.1) is 24.0 Å². The molecule has 0 bridgehead atoms. The summed E-state index contributed by atoms with van der Waals surface area (Å²) in [5, 5.41) is 15.3. The van der Waals surface area contributed by atoms with E-state index in [9.17, 15) is 13.2 Å². The molecule has 5 nitrogen and oxygen atoms in total. The van der Waals surface area contributed by atoms with E-state index in [-0.39, 0.29) is 24.0 Å². The Morgan fingerprint density at radius 2 is 1.86 bits per heavy atom. The zero-order valence-electron chi connectivity index (χ0n) is 15.9. The second-order valence-electron chi connectivity index (χ2n) is 6.78. The Kier molecular flexibility index (Phi) is 10.6. The highest BCUT2D eigenvalue weighted by atomic mass is 127. The third-order valence-corrected chi connectivity index (χ3v) is 4.72. The second-order valence-corrected chi connectivity index (χ2v) is 6.78. The maximum atomic E-state index is 12.4. The zero-order chi connectivity index (χ0) is 19.7. The molecule has 2 N–H and O–H groups in total. The first-order valence-corrected chi connectivity index (χ1v) is 9.12. The number of likely N-dealkylation sites (tertiary alicyclic amines) is 1. The number of nitrogens with zero attached hydrogens (tertiary/aromatic N) is 3. The molecular formula is C19H27F3IN5. The standard InChI is InChI=1S/C19H26F3N5.HI/c1-24-18(26-13-17-4-2-16(12-23)3-5-17)25-9-6-15-7-10-27(11-8-15)14-19(20,21)22;/h2-5,15H,6-11,13-14H2,1H3,(H2,24,25,26);1H. The van der Waals surface area contributed by atoms with Crippen molar-refractivity contribution in [3.63, 3.8) is 0 Å². The van der Waals surface area contributed by atoms with Gasteiger partial charge in [0.1, 0.15) is 0 Å². The Morgan fingerprint density at radius 1 is 1.21 bits per heavy atom. The molecule has 2 rings (SSSR count). The first kappa shape index (κ1) is 24.5. The predicted octanol–water partition coefficient (Wildman–Crippen LogP) is 3.51. The van der Waals surface area contributed by atoms with Crippen LogP contribution in [0.1, 0.15) is 30.4 Å². The number of piperidine rings is 1. The molecular weight excluding hydrogens is 482 g/mol. The molecule has 1 aliphatic rings. The van der Waals surface area contributed by atoms with Gasteiger partial charge in [-0.2, -0.15) is 18.4 Å². The van der Waals surface area contributed by atoms with E-state index in [2.05, 4.69) is 21.7 Å². The van der Waals surface area contributed by atoms with Gasteiger partial charge in [0.15, 0.2) is 5.96 Å². The van der Waals surface area contributed by atoms with E-state index in [1.54, 1.807) is 19.2 Å². The molecule has 1 aromatic rings. The third kappa shape index (κ3) is 9.10. The molecule has 0 amide bonds. The highest BCUT2D eigenvalue weighted by Crippen LogP contribution is 2.23. The van der Waals surface area contributed by atoms with Gasteiger partial charge in [-0.05, 0) is 56.0 Å². The van der Waals surface area contributed by atoms with Crippen molar-refractivity contribution in [3.8, 4) is 6.07 Å². The number of nitriles is 1. The highest BCUT2D eigenvalue weighted by Gasteiger charge is 2.32. The summed E-state index contributed by atoms with van der Waals surface area (Å²) in [7, 11) is 1.70. The molecule has 1 saturated heterocycles. The molecule has 0 radical (unpaired) electrons. The molecule has 156 valence electrons. The van der Waals surface area contributed by atoms with Crippen LogP contribution in [0.4, 0.5) is 13.2 Å². The Morgan fingerprint density at radius 3 is 2.39 bits per heavy atom. The van der Waals surface area contributed by atoms with Crippen LogP contribution in [0.5, 0.6) is 0 Å². The molecule has 0 aromatic heterocycles. The van der Waals surface area contributed by atoms with Crippen LogP contribution in [0.2, 0.25) is 0 Å². The van der Waals surface area contributed by atoms with Crippen LogP contribution in [0, 0.1) is 17.2 Å². The lowest BCUT2D eigenvalue weighted by Crippen LogP contribution is -2.41. The minimum Gasteiger partial charge on any atom is -0.356 e. The lowest BCUT2D eigenvalue weighted by molar-refractivity contribution is -0.148. The van der Waals surface area contributed by atoms with Gasteiger partial charge in [0.2, 0.25) is 0 Å². The van der Waals surface area contributed by atoms with Gasteiger partial charge in [0, 0.05) is 20.1 Å². The number of rotatable bonds is 6. The Balaban J connectivity index is 0.00000392. The van der Waals surface area contributed by atoms with Crippen LogP contribution in [0.15, 0.2) is 29.3 Å². The lowest BCUT2D eigenvalue weighted by Gasteiger charge is -2.32. The molecule has 1 aliphatic heterocycles. The van der Waals surface area contributed by atoms with Gasteiger partial charge in [-0.25, -0.2) is 0 Å². The Labute approximate surface area is 181 Å². The first-order valence-electron chi connectivity index (χ1n) is 9.12. The molecule has 1 aromatic carbocycles. The molecule has 0 spiro atoms. The van der Waals surface area contributed by atoms with Crippen LogP contribution in [-0.4, -0.2) is 50.3 Å². The van der Waals surface area contributed by atoms with Gasteiger partial charge >= 0.3 is 6.18 Å². The summed E-state index contributed by atoms with van der Waals surface area (Å²) >= 11 is 0. The topological polar surface area (TPSA) is 63.5 Å². The predicted molar refractivity (Wildman–Crippen MR) is 115 cm³/mol. The van der Waals surface area contributed by atoms with Gasteiger partial charge in [-0.1, -0.05) is 12.1 Å². The number of hydrogen-bond acceptors (Lipinski definition) is 3. The van der Waals surface area contributed by atoms with E-state index >= 15 is 0 Å². The van der Waals surface area contributed by atoms with Crippen LogP contribution in [-0.2, 0) is 6.54 Å². The van der Waals surface area contributed by atoms with Crippen molar-refractivity contribution < 1.29 is 13.2 Å². The summed E-state index contributed by atoms with van der Waals surface area (Å²) in [5.41, 5.74) is 1.68. The monoisotopic (exact) mass is 509 g/mol. The molecule has 0 aliphatic carbocycles. The van der Waals surface area contributed by atoms with E-state index in [1.165, 1.54) is 4.90 Å². The third-order valence-electron chi connectivity index (χ3n) is 4.72. The van der Waals surface area contributed by atoms with Gasteiger partial charge in [0.25, 0.3) is 0 Å². The van der Waals surface area contributed by atoms with Crippen molar-refractivity contribution in [3.05, 3.63) is 35.4 Å². The molecule has 0 unspecified atom stereocenters. The molecule has 28 heavy (non-hydrogen) atoms. The first-order chi connectivity index (χ1) is 12.9. The fourth-order valence-corrected chi connectivity index (χ4v) is 3.18. The largest absolute Gasteiger partial charge is 0.401 e. The SMILES string of the molecule is CN=C(NCCC1CCN(CC(F)(F)F)CC1)NCc1ccc(C#N)cc1.I. The van der Waals surface area contributed by atoms with Crippen molar-refractivity contribution >= 4 is 29.9 Å². The summed E-state index contributed by atoms with van der Waals surface area (Å²) in [6.07, 6.45) is -1.59. The number of alkyl halides is 3. The average molecular weight is 509 g/mol. The minimum atomic E-state index is -4.11. The summed E-state index contributed by atoms with van der Waals surface area (Å²) < 4.78 is 37.2. The number of guanidine groups is 1. The second kappa shape index (κ2) is 12.1. The van der Waals surface area contributed by atoms with Crippen LogP contribution >= 0.6 is 24.0 Å². The number of halogens is 4. The van der Waals surface area contributed by atoms with Crippen molar-refractivity contribution in [1.29, 1.82) is 5.26 Å². The Bertz CT molecular complexity index is 647. The number of hydrogen-bond donors (Lipinski definition) is 2. The highest BCUT2D eigenvalue weighted by molar-refractivity contribution is 14.0. The van der Waals surface area contributed by atoms with Gasteiger partial charge in [-0.3, -0.25) is 9.89 Å². The van der Waals surface area contributed by atoms with Crippen LogP contribution in [0.25, 0.3) is 0 Å². The van der Waals surface area contributed by atoms with Crippen LogP contribution in [0.3, 0.4) is 0 Å². The lowest BCUT2D eigenvalue weighted by atomic mass is 9.93. The minimum absolute atomic E-state index is 0. The molecule has 1 fully saturated rings. The smallest absolute Gasteiger partial charge is 0.356 e.